The van der Waals surface area contributed by atoms with Crippen molar-refractivity contribution in [1.82, 2.24) is 0 Å². The molecular weight excluding hydrogens is 395 g/mol. The largest absolute Gasteiger partial charge is 0.384 e. The summed E-state index contributed by atoms with van der Waals surface area (Å²) in [5, 5.41) is 13.0. The van der Waals surface area contributed by atoms with Crippen molar-refractivity contribution in [2.45, 2.75) is 31.6 Å². The van der Waals surface area contributed by atoms with Crippen molar-refractivity contribution in [2.24, 2.45) is 5.73 Å². The van der Waals surface area contributed by atoms with Crippen LogP contribution in [0.15, 0.2) is 65.1 Å². The van der Waals surface area contributed by atoms with E-state index in [1.54, 1.807) is 23.1 Å². The summed E-state index contributed by atoms with van der Waals surface area (Å²) < 4.78 is 13.6. The third kappa shape index (κ3) is 2.42. The van der Waals surface area contributed by atoms with Gasteiger partial charge in [-0.15, -0.1) is 0 Å². The molecule has 7 heteroatoms. The summed E-state index contributed by atoms with van der Waals surface area (Å²) >= 11 is 0. The number of anilines is 2. The fourth-order valence-corrected chi connectivity index (χ4v) is 4.99. The molecule has 2 aromatic rings. The Morgan fingerprint density at radius 1 is 1.16 bits per heavy atom. The summed E-state index contributed by atoms with van der Waals surface area (Å²) in [5.74, 6) is -0.965. The lowest BCUT2D eigenvalue weighted by molar-refractivity contribution is -0.122. The van der Waals surface area contributed by atoms with Crippen LogP contribution < -0.4 is 16.0 Å². The van der Waals surface area contributed by atoms with Crippen molar-refractivity contribution >= 4 is 23.1 Å². The summed E-state index contributed by atoms with van der Waals surface area (Å²) in [4.78, 5) is 28.5. The van der Waals surface area contributed by atoms with Gasteiger partial charge in [0.15, 0.2) is 5.78 Å². The molecule has 0 bridgehead atoms. The molecular formula is C24H19FN4O2. The van der Waals surface area contributed by atoms with Crippen molar-refractivity contribution in [3.63, 3.8) is 0 Å². The smallest absolute Gasteiger partial charge is 0.245 e. The van der Waals surface area contributed by atoms with E-state index in [0.29, 0.717) is 35.5 Å². The minimum absolute atomic E-state index is 0.00711. The standard InChI is InChI=1S/C24H19FN4O2/c1-13-5-10-18-16(11-13)24(23(31)28-18)17(12-26)22(27)29(15-8-6-14(25)7-9-15)19-3-2-4-20(30)21(19)24/h5-11H,2-4,27H2,1H3,(H,28,31)/t24-/m0/s1. The molecule has 0 aromatic heterocycles. The van der Waals surface area contributed by atoms with Crippen LogP contribution >= 0.6 is 0 Å². The SMILES string of the molecule is Cc1ccc2c(c1)[C@]1(C(=O)N2)C(C#N)=C(N)N(c2ccc(F)cc2)C2=C1C(=O)CCC2. The zero-order valence-electron chi connectivity index (χ0n) is 16.8. The molecule has 1 amide bonds. The number of nitrogens with zero attached hydrogens (tertiary/aromatic N) is 2. The number of aryl methyl sites for hydroxylation is 1. The van der Waals surface area contributed by atoms with Crippen LogP contribution in [0.5, 0.6) is 0 Å². The van der Waals surface area contributed by atoms with Crippen molar-refractivity contribution in [3.05, 3.63) is 82.1 Å². The van der Waals surface area contributed by atoms with E-state index >= 15 is 0 Å². The van der Waals surface area contributed by atoms with Gasteiger partial charge in [-0.05, 0) is 50.1 Å². The van der Waals surface area contributed by atoms with E-state index in [2.05, 4.69) is 11.4 Å². The van der Waals surface area contributed by atoms with Crippen LogP contribution in [0.4, 0.5) is 15.8 Å². The lowest BCUT2D eigenvalue weighted by atomic mass is 9.63. The number of amides is 1. The molecule has 3 N–H and O–H groups in total. The number of Topliss-reactive ketones (excluding diaryl/α,β-unsaturated/α-hetero) is 1. The topological polar surface area (TPSA) is 99.2 Å². The molecule has 3 aliphatic rings. The Labute approximate surface area is 178 Å². The van der Waals surface area contributed by atoms with Crippen LogP contribution in [0.1, 0.15) is 30.4 Å². The average molecular weight is 414 g/mol. The van der Waals surface area contributed by atoms with Gasteiger partial charge in [0.2, 0.25) is 5.91 Å². The molecule has 0 saturated carbocycles. The molecule has 154 valence electrons. The molecule has 0 unspecified atom stereocenters. The van der Waals surface area contributed by atoms with Gasteiger partial charge in [0.25, 0.3) is 0 Å². The summed E-state index contributed by atoms with van der Waals surface area (Å²) in [6, 6.07) is 13.3. The quantitative estimate of drug-likeness (QED) is 0.744. The first-order valence-corrected chi connectivity index (χ1v) is 10.0. The second-order valence-electron chi connectivity index (χ2n) is 8.04. The van der Waals surface area contributed by atoms with E-state index < -0.39 is 17.1 Å². The highest BCUT2D eigenvalue weighted by molar-refractivity contribution is 6.19. The minimum atomic E-state index is -1.58. The molecule has 1 spiro atoms. The fraction of sp³-hybridized carbons (Fsp3) is 0.208. The zero-order valence-corrected chi connectivity index (χ0v) is 16.8. The van der Waals surface area contributed by atoms with E-state index in [9.17, 15) is 19.2 Å². The van der Waals surface area contributed by atoms with Gasteiger partial charge >= 0.3 is 0 Å². The number of allylic oxidation sites excluding steroid dienone is 1. The third-order valence-electron chi connectivity index (χ3n) is 6.27. The van der Waals surface area contributed by atoms with Crippen molar-refractivity contribution in [2.75, 3.05) is 10.2 Å². The number of fused-ring (bicyclic) bond motifs is 3. The molecule has 2 aromatic carbocycles. The van der Waals surface area contributed by atoms with Crippen LogP contribution in [0.25, 0.3) is 0 Å². The summed E-state index contributed by atoms with van der Waals surface area (Å²) in [5.41, 5.74) is 8.40. The number of benzene rings is 2. The van der Waals surface area contributed by atoms with E-state index in [4.69, 9.17) is 5.73 Å². The fourth-order valence-electron chi connectivity index (χ4n) is 4.99. The van der Waals surface area contributed by atoms with Gasteiger partial charge < -0.3 is 11.1 Å². The van der Waals surface area contributed by atoms with E-state index in [1.807, 2.05) is 19.1 Å². The number of nitrogens with one attached hydrogen (secondary N) is 1. The van der Waals surface area contributed by atoms with Crippen LogP contribution in [0, 0.1) is 24.1 Å². The highest BCUT2D eigenvalue weighted by Crippen LogP contribution is 2.55. The highest BCUT2D eigenvalue weighted by atomic mass is 19.1. The van der Waals surface area contributed by atoms with Crippen molar-refractivity contribution in [1.29, 1.82) is 5.26 Å². The van der Waals surface area contributed by atoms with Crippen molar-refractivity contribution in [3.8, 4) is 6.07 Å². The maximum atomic E-state index is 13.6. The Bertz CT molecular complexity index is 1270. The molecule has 0 saturated heterocycles. The molecule has 1 aliphatic carbocycles. The van der Waals surface area contributed by atoms with Gasteiger partial charge in [-0.2, -0.15) is 5.26 Å². The normalized spacial score (nSPS) is 22.4. The number of nitriles is 1. The molecule has 6 nitrogen and oxygen atoms in total. The van der Waals surface area contributed by atoms with Gasteiger partial charge in [-0.3, -0.25) is 14.5 Å². The predicted molar refractivity (Wildman–Crippen MR) is 113 cm³/mol. The number of ketones is 1. The lowest BCUT2D eigenvalue weighted by Crippen LogP contribution is -2.50. The van der Waals surface area contributed by atoms with Gasteiger partial charge in [-0.25, -0.2) is 4.39 Å². The second kappa shape index (κ2) is 6.54. The third-order valence-corrected chi connectivity index (χ3v) is 6.27. The number of hydrogen-bond acceptors (Lipinski definition) is 5. The Balaban J connectivity index is 1.88. The lowest BCUT2D eigenvalue weighted by Gasteiger charge is -2.43. The van der Waals surface area contributed by atoms with Gasteiger partial charge in [0.05, 0.1) is 5.57 Å². The second-order valence-corrected chi connectivity index (χ2v) is 8.04. The van der Waals surface area contributed by atoms with Crippen LogP contribution in [-0.2, 0) is 15.0 Å². The first-order valence-electron chi connectivity index (χ1n) is 10.0. The van der Waals surface area contributed by atoms with E-state index in [-0.39, 0.29) is 29.2 Å². The maximum absolute atomic E-state index is 13.6. The number of rotatable bonds is 1. The highest BCUT2D eigenvalue weighted by Gasteiger charge is 2.60. The Hall–Kier alpha value is -3.92. The number of nitrogens with two attached hydrogens (primary N) is 1. The Morgan fingerprint density at radius 3 is 2.61 bits per heavy atom. The molecule has 2 aliphatic heterocycles. The molecule has 0 fully saturated rings. The molecule has 0 radical (unpaired) electrons. The Morgan fingerprint density at radius 2 is 1.90 bits per heavy atom. The average Bonchev–Trinajstić information content (AvgIpc) is 3.02. The molecule has 2 heterocycles. The van der Waals surface area contributed by atoms with Crippen LogP contribution in [0.2, 0.25) is 0 Å². The van der Waals surface area contributed by atoms with E-state index in [1.165, 1.54) is 12.1 Å². The molecule has 1 atom stereocenters. The van der Waals surface area contributed by atoms with Crippen molar-refractivity contribution < 1.29 is 14.0 Å². The summed E-state index contributed by atoms with van der Waals surface area (Å²) in [7, 11) is 0. The Kier molecular flexibility index (Phi) is 4.02. The minimum Gasteiger partial charge on any atom is -0.384 e. The predicted octanol–water partition coefficient (Wildman–Crippen LogP) is 3.55. The molecule has 5 rings (SSSR count). The summed E-state index contributed by atoms with van der Waals surface area (Å²) in [6.07, 6.45) is 1.39. The van der Waals surface area contributed by atoms with E-state index in [0.717, 1.165) is 5.56 Å². The van der Waals surface area contributed by atoms with Crippen LogP contribution in [0.3, 0.4) is 0 Å². The van der Waals surface area contributed by atoms with Crippen LogP contribution in [-0.4, -0.2) is 11.7 Å². The number of carbonyl (C=O) groups excluding carboxylic acids is 2. The number of carbonyl (C=O) groups is 2. The monoisotopic (exact) mass is 414 g/mol. The molecule has 31 heavy (non-hydrogen) atoms. The zero-order chi connectivity index (χ0) is 21.9. The first kappa shape index (κ1) is 19.1. The number of hydrogen-bond donors (Lipinski definition) is 2. The maximum Gasteiger partial charge on any atom is 0.245 e. The van der Waals surface area contributed by atoms with Gasteiger partial charge in [0, 0.05) is 34.6 Å². The summed E-state index contributed by atoms with van der Waals surface area (Å²) in [6.45, 7) is 1.89. The number of halogens is 1. The van der Waals surface area contributed by atoms with Gasteiger partial charge in [0.1, 0.15) is 23.1 Å². The first-order chi connectivity index (χ1) is 14.9. The van der Waals surface area contributed by atoms with Gasteiger partial charge in [-0.1, -0.05) is 17.7 Å².